The van der Waals surface area contributed by atoms with E-state index in [1.165, 1.54) is 30.5 Å². The molecule has 2 saturated carbocycles. The van der Waals surface area contributed by atoms with Gasteiger partial charge in [0.15, 0.2) is 0 Å². The average Bonchev–Trinajstić information content (AvgIpc) is 3.53. The highest BCUT2D eigenvalue weighted by Crippen LogP contribution is 2.41. The van der Waals surface area contributed by atoms with E-state index in [-0.39, 0.29) is 0 Å². The predicted molar refractivity (Wildman–Crippen MR) is 97.1 cm³/mol. The van der Waals surface area contributed by atoms with Crippen LogP contribution in [0.25, 0.3) is 11.1 Å². The third kappa shape index (κ3) is 4.27. The summed E-state index contributed by atoms with van der Waals surface area (Å²) in [6.45, 7) is 2.00. The van der Waals surface area contributed by atoms with Gasteiger partial charge in [-0.2, -0.15) is 13.2 Å². The molecule has 2 atom stereocenters. The molecule has 4 rings (SSSR count). The van der Waals surface area contributed by atoms with E-state index >= 15 is 0 Å². The van der Waals surface area contributed by atoms with Crippen LogP contribution in [0, 0.1) is 0 Å². The summed E-state index contributed by atoms with van der Waals surface area (Å²) in [6, 6.07) is 14.7. The lowest BCUT2D eigenvalue weighted by atomic mass is 10.0. The first-order chi connectivity index (χ1) is 12.5. The molecule has 0 heterocycles. The molecule has 26 heavy (non-hydrogen) atoms. The van der Waals surface area contributed by atoms with Gasteiger partial charge < -0.3 is 10.6 Å². The maximum atomic E-state index is 12.9. The topological polar surface area (TPSA) is 24.1 Å². The molecular formula is C21H23F3N2. The molecule has 2 aromatic rings. The van der Waals surface area contributed by atoms with Crippen LogP contribution < -0.4 is 10.6 Å². The second-order valence-electron chi connectivity index (χ2n) is 7.33. The molecule has 2 fully saturated rings. The van der Waals surface area contributed by atoms with E-state index in [1.54, 1.807) is 6.07 Å². The summed E-state index contributed by atoms with van der Waals surface area (Å²) in [4.78, 5) is 0. The fraction of sp³-hybridized carbons (Fsp3) is 0.429. The van der Waals surface area contributed by atoms with Gasteiger partial charge in [-0.25, -0.2) is 0 Å². The minimum Gasteiger partial charge on any atom is -0.313 e. The van der Waals surface area contributed by atoms with Crippen LogP contribution in [-0.2, 0) is 6.18 Å². The molecule has 2 aliphatic rings. The van der Waals surface area contributed by atoms with Gasteiger partial charge in [-0.3, -0.25) is 0 Å². The maximum absolute atomic E-state index is 12.9. The Balaban J connectivity index is 1.34. The minimum absolute atomic E-state index is 0.520. The van der Waals surface area contributed by atoms with E-state index in [0.717, 1.165) is 37.2 Å². The van der Waals surface area contributed by atoms with Crippen LogP contribution in [0.3, 0.4) is 0 Å². The Hall–Kier alpha value is -1.85. The van der Waals surface area contributed by atoms with Crippen molar-refractivity contribution in [2.75, 3.05) is 13.1 Å². The molecule has 2 aromatic carbocycles. The van der Waals surface area contributed by atoms with Crippen molar-refractivity contribution in [1.82, 2.24) is 10.6 Å². The number of alkyl halides is 3. The highest BCUT2D eigenvalue weighted by atomic mass is 19.4. The Bertz CT molecular complexity index is 751. The summed E-state index contributed by atoms with van der Waals surface area (Å²) in [6.07, 6.45) is -0.557. The van der Waals surface area contributed by atoms with E-state index in [4.69, 9.17) is 0 Å². The number of hydrogen-bond acceptors (Lipinski definition) is 2. The van der Waals surface area contributed by atoms with Gasteiger partial charge >= 0.3 is 6.18 Å². The summed E-state index contributed by atoms with van der Waals surface area (Å²) in [5.74, 6) is 0.520. The molecule has 0 bridgehead atoms. The molecule has 138 valence electrons. The number of hydrogen-bond donors (Lipinski definition) is 2. The molecule has 2 aliphatic carbocycles. The van der Waals surface area contributed by atoms with Crippen LogP contribution in [0.5, 0.6) is 0 Å². The molecule has 2 N–H and O–H groups in total. The molecule has 0 spiro atoms. The molecule has 5 heteroatoms. The Morgan fingerprint density at radius 3 is 2.31 bits per heavy atom. The van der Waals surface area contributed by atoms with Crippen molar-refractivity contribution in [2.24, 2.45) is 0 Å². The predicted octanol–water partition coefficient (Wildman–Crippen LogP) is 4.57. The maximum Gasteiger partial charge on any atom is 0.416 e. The van der Waals surface area contributed by atoms with Crippen LogP contribution in [0.2, 0.25) is 0 Å². The van der Waals surface area contributed by atoms with E-state index < -0.39 is 11.7 Å². The van der Waals surface area contributed by atoms with Crippen LogP contribution >= 0.6 is 0 Å². The highest BCUT2D eigenvalue weighted by molar-refractivity contribution is 5.65. The Morgan fingerprint density at radius 1 is 0.885 bits per heavy atom. The fourth-order valence-corrected chi connectivity index (χ4v) is 3.41. The second-order valence-corrected chi connectivity index (χ2v) is 7.33. The van der Waals surface area contributed by atoms with Gasteiger partial charge in [0.05, 0.1) is 5.56 Å². The number of benzene rings is 2. The lowest BCUT2D eigenvalue weighted by Gasteiger charge is -2.10. The van der Waals surface area contributed by atoms with E-state index in [2.05, 4.69) is 10.6 Å². The lowest BCUT2D eigenvalue weighted by molar-refractivity contribution is -0.137. The van der Waals surface area contributed by atoms with Crippen LogP contribution in [0.15, 0.2) is 48.5 Å². The molecule has 2 nitrogen and oxygen atoms in total. The van der Waals surface area contributed by atoms with Crippen molar-refractivity contribution >= 4 is 0 Å². The number of rotatable bonds is 7. The van der Waals surface area contributed by atoms with Crippen molar-refractivity contribution in [3.8, 4) is 11.1 Å². The molecule has 1 unspecified atom stereocenters. The highest BCUT2D eigenvalue weighted by Gasteiger charge is 2.37. The van der Waals surface area contributed by atoms with Crippen molar-refractivity contribution in [2.45, 2.75) is 43.4 Å². The second kappa shape index (κ2) is 7.05. The van der Waals surface area contributed by atoms with Crippen LogP contribution in [-0.4, -0.2) is 25.2 Å². The smallest absolute Gasteiger partial charge is 0.313 e. The first-order valence-electron chi connectivity index (χ1n) is 9.25. The average molecular weight is 360 g/mol. The largest absolute Gasteiger partial charge is 0.416 e. The molecule has 0 aromatic heterocycles. The summed E-state index contributed by atoms with van der Waals surface area (Å²) in [5.41, 5.74) is 2.07. The molecule has 0 radical (unpaired) electrons. The van der Waals surface area contributed by atoms with E-state index in [0.29, 0.717) is 17.5 Å². The lowest BCUT2D eigenvalue weighted by Crippen LogP contribution is -2.30. The van der Waals surface area contributed by atoms with Gasteiger partial charge in [-0.15, -0.1) is 0 Å². The van der Waals surface area contributed by atoms with Gasteiger partial charge in [0.25, 0.3) is 0 Å². The third-order valence-electron chi connectivity index (χ3n) is 5.19. The zero-order chi connectivity index (χ0) is 18.1. The molecule has 0 amide bonds. The first-order valence-corrected chi connectivity index (χ1v) is 9.25. The zero-order valence-corrected chi connectivity index (χ0v) is 14.5. The Labute approximate surface area is 151 Å². The minimum atomic E-state index is -4.31. The number of halogens is 3. The van der Waals surface area contributed by atoms with Gasteiger partial charge in [0.1, 0.15) is 0 Å². The fourth-order valence-electron chi connectivity index (χ4n) is 3.41. The SMILES string of the molecule is FC(F)(F)c1cccc(-c2ccc(C3C[C@@H]3NCCNC3CC3)cc2)c1. The van der Waals surface area contributed by atoms with E-state index in [1.807, 2.05) is 24.3 Å². The summed E-state index contributed by atoms with van der Waals surface area (Å²) in [7, 11) is 0. The zero-order valence-electron chi connectivity index (χ0n) is 14.5. The monoisotopic (exact) mass is 360 g/mol. The normalized spacial score (nSPS) is 22.4. The van der Waals surface area contributed by atoms with Crippen LogP contribution in [0.1, 0.15) is 36.3 Å². The quantitative estimate of drug-likeness (QED) is 0.707. The molecule has 0 saturated heterocycles. The standard InChI is InChI=1S/C21H23F3N2/c22-21(23,24)17-3-1-2-16(12-17)14-4-6-15(7-5-14)19-13-20(19)26-11-10-25-18-8-9-18/h1-7,12,18-20,25-26H,8-11,13H2/t19?,20-/m0/s1. The van der Waals surface area contributed by atoms with Gasteiger partial charge in [0.2, 0.25) is 0 Å². The Kier molecular flexibility index (Phi) is 4.76. The Morgan fingerprint density at radius 2 is 1.62 bits per heavy atom. The summed E-state index contributed by atoms with van der Waals surface area (Å²) < 4.78 is 38.6. The molecule has 0 aliphatic heterocycles. The number of nitrogens with one attached hydrogen (secondary N) is 2. The van der Waals surface area contributed by atoms with Crippen molar-refractivity contribution in [3.63, 3.8) is 0 Å². The van der Waals surface area contributed by atoms with Gasteiger partial charge in [0, 0.05) is 31.1 Å². The van der Waals surface area contributed by atoms with Gasteiger partial charge in [-0.1, -0.05) is 36.4 Å². The first kappa shape index (κ1) is 17.6. The van der Waals surface area contributed by atoms with Crippen molar-refractivity contribution < 1.29 is 13.2 Å². The van der Waals surface area contributed by atoms with Crippen LogP contribution in [0.4, 0.5) is 13.2 Å². The third-order valence-corrected chi connectivity index (χ3v) is 5.19. The van der Waals surface area contributed by atoms with Crippen molar-refractivity contribution in [1.29, 1.82) is 0 Å². The van der Waals surface area contributed by atoms with E-state index in [9.17, 15) is 13.2 Å². The van der Waals surface area contributed by atoms with Gasteiger partial charge in [-0.05, 0) is 48.1 Å². The van der Waals surface area contributed by atoms with Crippen molar-refractivity contribution in [3.05, 3.63) is 59.7 Å². The molecular weight excluding hydrogens is 337 g/mol. The summed E-state index contributed by atoms with van der Waals surface area (Å²) in [5, 5.41) is 7.06. The summed E-state index contributed by atoms with van der Waals surface area (Å²) >= 11 is 0.